The van der Waals surface area contributed by atoms with Gasteiger partial charge in [-0.05, 0) is 54.3 Å². The number of azide groups is 1. The lowest BCUT2D eigenvalue weighted by Crippen LogP contribution is -2.63. The van der Waals surface area contributed by atoms with Gasteiger partial charge in [0.25, 0.3) is 5.69 Å². The number of nitrogens with zero attached hydrogens (tertiary/aromatic N) is 8. The molecule has 1 N–H and O–H groups in total. The van der Waals surface area contributed by atoms with Crippen LogP contribution in [0.4, 0.5) is 5.69 Å². The molecule has 0 aliphatic carbocycles. The molecular formula is C37H43N8O8SSi+. The molecule has 1 aromatic carbocycles. The summed E-state index contributed by atoms with van der Waals surface area (Å²) < 4.78 is 15.9. The molecule has 5 atom stereocenters. The van der Waals surface area contributed by atoms with E-state index in [2.05, 4.69) is 35.8 Å². The van der Waals surface area contributed by atoms with Crippen molar-refractivity contribution in [3.05, 3.63) is 109 Å². The number of carbonyl (C=O) groups is 3. The summed E-state index contributed by atoms with van der Waals surface area (Å²) in [7, 11) is -2.03. The molecule has 0 bridgehead atoms. The molecule has 2 aliphatic heterocycles. The summed E-state index contributed by atoms with van der Waals surface area (Å²) in [5.41, 5.74) is 10.7. The average Bonchev–Trinajstić information content (AvgIpc) is 3.84. The highest BCUT2D eigenvalue weighted by molar-refractivity contribution is 7.18. The Kier molecular flexibility index (Phi) is 11.6. The molecule has 0 unspecified atom stereocenters. The number of aromatic nitrogens is 3. The minimum Gasteiger partial charge on any atom is -0.456 e. The van der Waals surface area contributed by atoms with E-state index in [0.717, 1.165) is 18.1 Å². The van der Waals surface area contributed by atoms with Crippen molar-refractivity contribution in [2.24, 2.45) is 17.0 Å². The zero-order valence-corrected chi connectivity index (χ0v) is 33.0. The predicted octanol–water partition coefficient (Wildman–Crippen LogP) is 5.84. The fraction of sp³-hybridized carbons (Fsp3) is 0.432. The van der Waals surface area contributed by atoms with Gasteiger partial charge in [0, 0.05) is 40.8 Å². The number of rotatable bonds is 17. The highest BCUT2D eigenvalue weighted by Crippen LogP contribution is 2.52. The summed E-state index contributed by atoms with van der Waals surface area (Å²) in [6.07, 6.45) is 5.56. The third-order valence-electron chi connectivity index (χ3n) is 10.8. The number of ketones is 1. The number of thiazole rings is 1. The molecule has 6 rings (SSSR count). The summed E-state index contributed by atoms with van der Waals surface area (Å²) in [6, 6.07) is 11.4. The van der Waals surface area contributed by atoms with Crippen LogP contribution in [0.2, 0.25) is 18.1 Å². The largest absolute Gasteiger partial charge is 0.456 e. The predicted molar refractivity (Wildman–Crippen MR) is 204 cm³/mol. The fourth-order valence-electron chi connectivity index (χ4n) is 7.65. The normalized spacial score (nSPS) is 19.1. The van der Waals surface area contributed by atoms with Crippen molar-refractivity contribution in [1.29, 1.82) is 0 Å². The van der Waals surface area contributed by atoms with E-state index in [0.29, 0.717) is 33.0 Å². The molecule has 0 radical (unpaired) electrons. The molecule has 1 amide bonds. The number of pyridine rings is 1. The van der Waals surface area contributed by atoms with Crippen molar-refractivity contribution in [2.45, 2.75) is 84.2 Å². The van der Waals surface area contributed by atoms with Crippen LogP contribution in [0, 0.1) is 22.0 Å². The van der Waals surface area contributed by atoms with E-state index >= 15 is 0 Å². The van der Waals surface area contributed by atoms with Crippen LogP contribution in [0.15, 0.2) is 72.1 Å². The van der Waals surface area contributed by atoms with Crippen molar-refractivity contribution in [1.82, 2.24) is 14.3 Å². The number of esters is 1. The zero-order chi connectivity index (χ0) is 39.6. The Balaban J connectivity index is 1.29. The van der Waals surface area contributed by atoms with Crippen molar-refractivity contribution in [2.75, 3.05) is 6.54 Å². The van der Waals surface area contributed by atoms with Gasteiger partial charge < -0.3 is 19.2 Å². The zero-order valence-electron chi connectivity index (χ0n) is 31.2. The number of nitro benzene ring substituents is 1. The van der Waals surface area contributed by atoms with E-state index in [4.69, 9.17) is 14.7 Å². The number of non-ortho nitro benzene ring substituents is 1. The van der Waals surface area contributed by atoms with Crippen LogP contribution in [-0.2, 0) is 31.9 Å². The maximum atomic E-state index is 14.0. The van der Waals surface area contributed by atoms with Crippen molar-refractivity contribution in [3.8, 4) is 0 Å². The van der Waals surface area contributed by atoms with Crippen molar-refractivity contribution >= 4 is 53.4 Å². The number of nitro groups is 1. The number of imidazole rings is 1. The third-order valence-corrected chi connectivity index (χ3v) is 16.6. The summed E-state index contributed by atoms with van der Waals surface area (Å²) in [5.74, 6) is -2.53. The lowest BCUT2D eigenvalue weighted by Gasteiger charge is -2.46. The summed E-state index contributed by atoms with van der Waals surface area (Å²) in [5, 5.41) is 25.4. The topological polar surface area (TPSA) is 206 Å². The second-order valence-electron chi connectivity index (χ2n) is 13.9. The number of fused-ring (bicyclic) bond motifs is 2. The molecule has 4 aromatic rings. The van der Waals surface area contributed by atoms with Crippen LogP contribution in [0.1, 0.15) is 61.1 Å². The van der Waals surface area contributed by atoms with Crippen LogP contribution in [-0.4, -0.2) is 75.1 Å². The molecule has 1 fully saturated rings. The Morgan fingerprint density at radius 2 is 1.91 bits per heavy atom. The standard InChI is InChI=1S/C37H43N8O8SSi/c1-6-55(7-2,8-3)53-27(16-40-41-38)18-42-15-9-10-25(17-42)34(47)31-36-43(21-39-31)19-28(54-36)29-22(4)32-30(23(5)46)35(48)44(32)33(29)37(49)52-20-24-11-13-26(14-12-24)45(50)51/h9-15,17,19,21-23,27,30,32,46H,6-8,16,18,20H2,1-5H3/q+1/t22-,23+,27-,30+,32+/m0/s1. The number of aliphatic hydroxyl groups is 1. The monoisotopic (exact) mass is 787 g/mol. The Labute approximate surface area is 321 Å². The van der Waals surface area contributed by atoms with Crippen LogP contribution < -0.4 is 4.57 Å². The van der Waals surface area contributed by atoms with Crippen LogP contribution >= 0.6 is 11.3 Å². The second-order valence-corrected chi connectivity index (χ2v) is 19.7. The fourth-order valence-corrected chi connectivity index (χ4v) is 11.7. The molecule has 1 saturated heterocycles. The summed E-state index contributed by atoms with van der Waals surface area (Å²) in [6.45, 7) is 10.2. The van der Waals surface area contributed by atoms with E-state index in [9.17, 15) is 29.6 Å². The first-order valence-electron chi connectivity index (χ1n) is 18.2. The molecule has 55 heavy (non-hydrogen) atoms. The number of amides is 1. The van der Waals surface area contributed by atoms with E-state index in [1.165, 1.54) is 46.8 Å². The van der Waals surface area contributed by atoms with Gasteiger partial charge in [0.15, 0.2) is 27.3 Å². The number of β-lactam (4-membered cyclic amide) rings is 1. The highest BCUT2D eigenvalue weighted by atomic mass is 32.1. The van der Waals surface area contributed by atoms with Crippen molar-refractivity contribution in [3.63, 3.8) is 0 Å². The maximum absolute atomic E-state index is 14.0. The van der Waals surface area contributed by atoms with E-state index < -0.39 is 37.3 Å². The molecule has 2 aliphatic rings. The van der Waals surface area contributed by atoms with Gasteiger partial charge in [-0.1, -0.05) is 32.8 Å². The first-order valence-corrected chi connectivity index (χ1v) is 21.6. The maximum Gasteiger partial charge on any atom is 0.355 e. The molecular weight excluding hydrogens is 745 g/mol. The lowest BCUT2D eigenvalue weighted by molar-refractivity contribution is -0.702. The number of carbonyl (C=O) groups excluding carboxylic acids is 3. The van der Waals surface area contributed by atoms with Gasteiger partial charge in [0.05, 0.1) is 40.0 Å². The third kappa shape index (κ3) is 7.55. The number of benzene rings is 1. The minimum atomic E-state index is -2.03. The molecule has 18 heteroatoms. The van der Waals surface area contributed by atoms with Gasteiger partial charge in [-0.3, -0.25) is 24.1 Å². The number of hydrogen-bond donors (Lipinski definition) is 1. The Morgan fingerprint density at radius 3 is 2.55 bits per heavy atom. The molecule has 3 aromatic heterocycles. The minimum absolute atomic E-state index is 0.0644. The van der Waals surface area contributed by atoms with E-state index in [1.807, 2.05) is 17.7 Å². The average molecular weight is 788 g/mol. The smallest absolute Gasteiger partial charge is 0.355 e. The first kappa shape index (κ1) is 39.4. The number of hydrogen-bond acceptors (Lipinski definition) is 11. The van der Waals surface area contributed by atoms with Crippen LogP contribution in [0.25, 0.3) is 20.8 Å². The quantitative estimate of drug-likeness (QED) is 0.0130. The number of aliphatic hydroxyl groups excluding tert-OH is 1. The summed E-state index contributed by atoms with van der Waals surface area (Å²) >= 11 is 1.26. The van der Waals surface area contributed by atoms with Crippen LogP contribution in [0.5, 0.6) is 0 Å². The van der Waals surface area contributed by atoms with Gasteiger partial charge in [0.2, 0.25) is 11.7 Å². The van der Waals surface area contributed by atoms with Crippen molar-refractivity contribution < 1.29 is 38.1 Å². The number of ether oxygens (including phenoxy) is 1. The Morgan fingerprint density at radius 1 is 1.20 bits per heavy atom. The van der Waals surface area contributed by atoms with E-state index in [1.54, 1.807) is 35.9 Å². The molecule has 288 valence electrons. The first-order chi connectivity index (χ1) is 26.4. The van der Waals surface area contributed by atoms with E-state index in [-0.39, 0.29) is 53.9 Å². The lowest BCUT2D eigenvalue weighted by atomic mass is 9.77. The Hall–Kier alpha value is -5.26. The van der Waals surface area contributed by atoms with Crippen LogP contribution in [0.3, 0.4) is 0 Å². The Bertz CT molecular complexity index is 2200. The van der Waals surface area contributed by atoms with Gasteiger partial charge in [0.1, 0.15) is 35.3 Å². The second kappa shape index (κ2) is 16.2. The van der Waals surface area contributed by atoms with Gasteiger partial charge in [-0.25, -0.2) is 14.3 Å². The molecule has 5 heterocycles. The highest BCUT2D eigenvalue weighted by Gasteiger charge is 2.60. The molecule has 16 nitrogen and oxygen atoms in total. The molecule has 0 saturated carbocycles. The van der Waals surface area contributed by atoms with Gasteiger partial charge in [-0.2, -0.15) is 0 Å². The van der Waals surface area contributed by atoms with Gasteiger partial charge in [-0.15, -0.1) is 11.3 Å². The SMILES string of the molecule is CC[Si](CC)(CC)O[C@@H](CN=[N+]=[N-])C[n+]1cccc(C(=O)c2ncn3cc(C4=C(C(=O)OCc5ccc([N+](=O)[O-])cc5)N5C(=O)[C@H]([C@@H](C)O)[C@H]5[C@H]4C)sc23)c1. The summed E-state index contributed by atoms with van der Waals surface area (Å²) in [4.78, 5) is 61.7. The van der Waals surface area contributed by atoms with Gasteiger partial charge >= 0.3 is 5.97 Å². The molecule has 0 spiro atoms.